The summed E-state index contributed by atoms with van der Waals surface area (Å²) in [5, 5.41) is 3.52. The van der Waals surface area contributed by atoms with Crippen LogP contribution in [0.3, 0.4) is 0 Å². The molecule has 0 saturated carbocycles. The quantitative estimate of drug-likeness (QED) is 0.784. The number of benzene rings is 1. The minimum absolute atomic E-state index is 0.137. The lowest BCUT2D eigenvalue weighted by molar-refractivity contribution is 0.0978. The van der Waals surface area contributed by atoms with Crippen LogP contribution in [-0.4, -0.2) is 25.3 Å². The van der Waals surface area contributed by atoms with Crippen molar-refractivity contribution < 1.29 is 9.13 Å². The lowest BCUT2D eigenvalue weighted by Crippen LogP contribution is -2.30. The third-order valence-electron chi connectivity index (χ3n) is 4.15. The first-order chi connectivity index (χ1) is 10.1. The first-order valence-electron chi connectivity index (χ1n) is 8.23. The molecule has 1 fully saturated rings. The maximum Gasteiger partial charge on any atom is 0.123 e. The molecular weight excluding hydrogens is 265 g/mol. The third kappa shape index (κ3) is 6.15. The molecule has 0 aliphatic carbocycles. The molecule has 2 rings (SSSR count). The monoisotopic (exact) mass is 293 g/mol. The van der Waals surface area contributed by atoms with E-state index in [9.17, 15) is 4.39 Å². The Hall–Kier alpha value is -0.930. The molecule has 1 aromatic carbocycles. The summed E-state index contributed by atoms with van der Waals surface area (Å²) in [6.07, 6.45) is 6.04. The molecule has 0 radical (unpaired) electrons. The Kier molecular flexibility index (Phi) is 6.65. The fraction of sp³-hybridized carbons (Fsp3) is 0.667. The van der Waals surface area contributed by atoms with E-state index < -0.39 is 0 Å². The van der Waals surface area contributed by atoms with Crippen LogP contribution in [0.1, 0.15) is 45.1 Å². The molecule has 0 spiro atoms. The second-order valence-electron chi connectivity index (χ2n) is 6.48. The predicted molar refractivity (Wildman–Crippen MR) is 84.9 cm³/mol. The van der Waals surface area contributed by atoms with Crippen LogP contribution in [0.25, 0.3) is 0 Å². The summed E-state index contributed by atoms with van der Waals surface area (Å²) in [5.41, 5.74) is 1.10. The van der Waals surface area contributed by atoms with Crippen molar-refractivity contribution in [3.63, 3.8) is 0 Å². The highest BCUT2D eigenvalue weighted by Gasteiger charge is 2.18. The van der Waals surface area contributed by atoms with Crippen LogP contribution in [0.5, 0.6) is 0 Å². The van der Waals surface area contributed by atoms with Crippen LogP contribution < -0.4 is 5.32 Å². The Morgan fingerprint density at radius 2 is 2.24 bits per heavy atom. The average molecular weight is 293 g/mol. The van der Waals surface area contributed by atoms with Gasteiger partial charge in [0.05, 0.1) is 6.10 Å². The number of hydrogen-bond acceptors (Lipinski definition) is 2. The fourth-order valence-corrected chi connectivity index (χ4v) is 2.97. The number of ether oxygens (including phenoxy) is 1. The largest absolute Gasteiger partial charge is 0.378 e. The van der Waals surface area contributed by atoms with E-state index in [-0.39, 0.29) is 5.82 Å². The van der Waals surface area contributed by atoms with Crippen LogP contribution in [0.4, 0.5) is 4.39 Å². The highest BCUT2D eigenvalue weighted by atomic mass is 19.1. The fourth-order valence-electron chi connectivity index (χ4n) is 2.97. The Morgan fingerprint density at radius 3 is 2.90 bits per heavy atom. The SMILES string of the molecule is CC(C)NCC(CCC1CCCO1)Cc1cccc(F)c1. The van der Waals surface area contributed by atoms with Crippen LogP contribution in [0.2, 0.25) is 0 Å². The van der Waals surface area contributed by atoms with Gasteiger partial charge in [-0.1, -0.05) is 26.0 Å². The standard InChI is InChI=1S/C18H28FNO/c1-14(2)20-13-16(8-9-18-7-4-10-21-18)11-15-5-3-6-17(19)12-15/h3,5-6,12,14,16,18,20H,4,7-11,13H2,1-2H3. The van der Waals surface area contributed by atoms with Gasteiger partial charge in [0, 0.05) is 12.6 Å². The normalized spacial score (nSPS) is 20.1. The maximum absolute atomic E-state index is 13.3. The molecule has 2 nitrogen and oxygen atoms in total. The van der Waals surface area contributed by atoms with E-state index in [4.69, 9.17) is 4.74 Å². The first kappa shape index (κ1) is 16.4. The summed E-state index contributed by atoms with van der Waals surface area (Å²) >= 11 is 0. The molecule has 1 aromatic rings. The second kappa shape index (κ2) is 8.50. The summed E-state index contributed by atoms with van der Waals surface area (Å²) in [5.74, 6) is 0.403. The Balaban J connectivity index is 1.87. The molecule has 1 saturated heterocycles. The minimum atomic E-state index is -0.137. The highest BCUT2D eigenvalue weighted by Crippen LogP contribution is 2.22. The van der Waals surface area contributed by atoms with Crippen molar-refractivity contribution in [2.75, 3.05) is 13.2 Å². The molecule has 3 heteroatoms. The lowest BCUT2D eigenvalue weighted by Gasteiger charge is -2.21. The Bertz CT molecular complexity index is 415. The van der Waals surface area contributed by atoms with Crippen molar-refractivity contribution in [2.45, 2.75) is 58.1 Å². The van der Waals surface area contributed by atoms with Gasteiger partial charge >= 0.3 is 0 Å². The van der Waals surface area contributed by atoms with Crippen molar-refractivity contribution in [3.8, 4) is 0 Å². The number of rotatable bonds is 8. The average Bonchev–Trinajstić information content (AvgIpc) is 2.95. The van der Waals surface area contributed by atoms with E-state index in [1.807, 2.05) is 6.07 Å². The van der Waals surface area contributed by atoms with Gasteiger partial charge in [-0.15, -0.1) is 0 Å². The molecule has 21 heavy (non-hydrogen) atoms. The molecule has 0 bridgehead atoms. The molecule has 2 unspecified atom stereocenters. The van der Waals surface area contributed by atoms with Gasteiger partial charge in [0.25, 0.3) is 0 Å². The Labute approximate surface area is 128 Å². The van der Waals surface area contributed by atoms with Gasteiger partial charge in [-0.25, -0.2) is 4.39 Å². The zero-order chi connectivity index (χ0) is 15.1. The minimum Gasteiger partial charge on any atom is -0.378 e. The van der Waals surface area contributed by atoms with E-state index in [2.05, 4.69) is 19.2 Å². The van der Waals surface area contributed by atoms with E-state index in [0.29, 0.717) is 18.1 Å². The van der Waals surface area contributed by atoms with E-state index in [1.165, 1.54) is 18.9 Å². The third-order valence-corrected chi connectivity index (χ3v) is 4.15. The van der Waals surface area contributed by atoms with E-state index in [0.717, 1.165) is 38.0 Å². The topological polar surface area (TPSA) is 21.3 Å². The summed E-state index contributed by atoms with van der Waals surface area (Å²) < 4.78 is 19.0. The van der Waals surface area contributed by atoms with Gasteiger partial charge in [-0.2, -0.15) is 0 Å². The summed E-state index contributed by atoms with van der Waals surface area (Å²) in [6, 6.07) is 7.49. The first-order valence-corrected chi connectivity index (χ1v) is 8.23. The van der Waals surface area contributed by atoms with Crippen LogP contribution >= 0.6 is 0 Å². The van der Waals surface area contributed by atoms with Crippen LogP contribution in [-0.2, 0) is 11.2 Å². The number of halogens is 1. The van der Waals surface area contributed by atoms with Crippen molar-refractivity contribution >= 4 is 0 Å². The predicted octanol–water partition coefficient (Wildman–Crippen LogP) is 3.94. The van der Waals surface area contributed by atoms with Gasteiger partial charge < -0.3 is 10.1 Å². The summed E-state index contributed by atoms with van der Waals surface area (Å²) in [4.78, 5) is 0. The molecule has 1 heterocycles. The van der Waals surface area contributed by atoms with Crippen molar-refractivity contribution in [1.82, 2.24) is 5.32 Å². The number of hydrogen-bond donors (Lipinski definition) is 1. The molecule has 0 amide bonds. The zero-order valence-corrected chi connectivity index (χ0v) is 13.3. The summed E-state index contributed by atoms with van der Waals surface area (Å²) in [6.45, 7) is 6.24. The van der Waals surface area contributed by atoms with Gasteiger partial charge in [-0.3, -0.25) is 0 Å². The van der Waals surface area contributed by atoms with E-state index >= 15 is 0 Å². The smallest absolute Gasteiger partial charge is 0.123 e. The Morgan fingerprint density at radius 1 is 1.38 bits per heavy atom. The molecule has 2 atom stereocenters. The second-order valence-corrected chi connectivity index (χ2v) is 6.48. The molecular formula is C18H28FNO. The van der Waals surface area contributed by atoms with Gasteiger partial charge in [-0.05, 0) is 62.3 Å². The summed E-state index contributed by atoms with van der Waals surface area (Å²) in [7, 11) is 0. The lowest BCUT2D eigenvalue weighted by atomic mass is 9.92. The van der Waals surface area contributed by atoms with Crippen molar-refractivity contribution in [3.05, 3.63) is 35.6 Å². The number of nitrogens with one attached hydrogen (secondary N) is 1. The van der Waals surface area contributed by atoms with Gasteiger partial charge in [0.1, 0.15) is 5.82 Å². The molecule has 1 N–H and O–H groups in total. The van der Waals surface area contributed by atoms with Crippen molar-refractivity contribution in [1.29, 1.82) is 0 Å². The zero-order valence-electron chi connectivity index (χ0n) is 13.3. The van der Waals surface area contributed by atoms with Crippen LogP contribution in [0, 0.1) is 11.7 Å². The van der Waals surface area contributed by atoms with Crippen molar-refractivity contribution in [2.24, 2.45) is 5.92 Å². The maximum atomic E-state index is 13.3. The highest BCUT2D eigenvalue weighted by molar-refractivity contribution is 5.16. The molecule has 0 aromatic heterocycles. The van der Waals surface area contributed by atoms with Gasteiger partial charge in [0.2, 0.25) is 0 Å². The molecule has 118 valence electrons. The van der Waals surface area contributed by atoms with E-state index in [1.54, 1.807) is 12.1 Å². The molecule has 1 aliphatic rings. The van der Waals surface area contributed by atoms with Gasteiger partial charge in [0.15, 0.2) is 0 Å². The molecule has 1 aliphatic heterocycles. The van der Waals surface area contributed by atoms with Crippen LogP contribution in [0.15, 0.2) is 24.3 Å².